The molecule has 0 aliphatic carbocycles. The van der Waals surface area contributed by atoms with Crippen LogP contribution in [0.2, 0.25) is 5.02 Å². The van der Waals surface area contributed by atoms with Gasteiger partial charge < -0.3 is 5.73 Å². The summed E-state index contributed by atoms with van der Waals surface area (Å²) in [6.07, 6.45) is 1.98. The summed E-state index contributed by atoms with van der Waals surface area (Å²) in [6.45, 7) is 6.41. The Morgan fingerprint density at radius 1 is 1.33 bits per heavy atom. The van der Waals surface area contributed by atoms with Gasteiger partial charge in [-0.3, -0.25) is 0 Å². The number of halogens is 1. The van der Waals surface area contributed by atoms with Crippen LogP contribution in [0, 0.1) is 12.8 Å². The molecular formula is C13H20ClN. The van der Waals surface area contributed by atoms with Crippen LogP contribution in [-0.4, -0.2) is 6.04 Å². The normalized spacial score (nSPS) is 13.2. The van der Waals surface area contributed by atoms with E-state index >= 15 is 0 Å². The molecule has 1 rings (SSSR count). The first-order chi connectivity index (χ1) is 6.99. The molecule has 0 aliphatic rings. The van der Waals surface area contributed by atoms with Gasteiger partial charge in [0, 0.05) is 11.1 Å². The predicted molar refractivity (Wildman–Crippen MR) is 67.3 cm³/mol. The molecule has 1 unspecified atom stereocenters. The molecule has 0 spiro atoms. The van der Waals surface area contributed by atoms with Crippen molar-refractivity contribution in [3.63, 3.8) is 0 Å². The van der Waals surface area contributed by atoms with Crippen LogP contribution >= 0.6 is 11.6 Å². The van der Waals surface area contributed by atoms with Gasteiger partial charge >= 0.3 is 0 Å². The van der Waals surface area contributed by atoms with Crippen molar-refractivity contribution < 1.29 is 0 Å². The molecule has 0 bridgehead atoms. The van der Waals surface area contributed by atoms with E-state index in [0.717, 1.165) is 23.4 Å². The van der Waals surface area contributed by atoms with Gasteiger partial charge in [0.15, 0.2) is 0 Å². The van der Waals surface area contributed by atoms with Crippen molar-refractivity contribution in [3.8, 4) is 0 Å². The zero-order valence-electron chi connectivity index (χ0n) is 9.76. The van der Waals surface area contributed by atoms with E-state index in [0.29, 0.717) is 5.92 Å². The van der Waals surface area contributed by atoms with Gasteiger partial charge in [-0.2, -0.15) is 0 Å². The molecule has 1 nitrogen and oxygen atoms in total. The minimum Gasteiger partial charge on any atom is -0.327 e. The van der Waals surface area contributed by atoms with Crippen LogP contribution in [0.15, 0.2) is 18.2 Å². The van der Waals surface area contributed by atoms with E-state index in [1.807, 2.05) is 13.0 Å². The molecule has 0 aliphatic heterocycles. The zero-order valence-corrected chi connectivity index (χ0v) is 10.5. The average molecular weight is 226 g/mol. The second kappa shape index (κ2) is 5.53. The molecule has 15 heavy (non-hydrogen) atoms. The van der Waals surface area contributed by atoms with Crippen LogP contribution in [-0.2, 0) is 6.42 Å². The summed E-state index contributed by atoms with van der Waals surface area (Å²) in [6, 6.07) is 6.43. The van der Waals surface area contributed by atoms with Crippen molar-refractivity contribution in [1.82, 2.24) is 0 Å². The highest BCUT2D eigenvalue weighted by molar-refractivity contribution is 6.31. The third-order valence-electron chi connectivity index (χ3n) is 2.51. The van der Waals surface area contributed by atoms with Crippen molar-refractivity contribution in [3.05, 3.63) is 34.3 Å². The summed E-state index contributed by atoms with van der Waals surface area (Å²) in [7, 11) is 0. The van der Waals surface area contributed by atoms with Gasteiger partial charge in [0.2, 0.25) is 0 Å². The third-order valence-corrected chi connectivity index (χ3v) is 2.92. The number of rotatable bonds is 4. The van der Waals surface area contributed by atoms with Crippen LogP contribution in [0.5, 0.6) is 0 Å². The molecule has 0 aromatic heterocycles. The average Bonchev–Trinajstić information content (AvgIpc) is 2.10. The third kappa shape index (κ3) is 4.23. The first kappa shape index (κ1) is 12.5. The van der Waals surface area contributed by atoms with Gasteiger partial charge in [0.25, 0.3) is 0 Å². The SMILES string of the molecule is Cc1ccc(CC(N)CC(C)C)cc1Cl. The van der Waals surface area contributed by atoms with Crippen molar-refractivity contribution in [1.29, 1.82) is 0 Å². The Kier molecular flexibility index (Phi) is 4.62. The zero-order chi connectivity index (χ0) is 11.4. The lowest BCUT2D eigenvalue weighted by Crippen LogP contribution is -2.24. The van der Waals surface area contributed by atoms with E-state index in [2.05, 4.69) is 26.0 Å². The summed E-state index contributed by atoms with van der Waals surface area (Å²) in [5.41, 5.74) is 8.41. The highest BCUT2D eigenvalue weighted by Crippen LogP contribution is 2.18. The first-order valence-electron chi connectivity index (χ1n) is 5.49. The van der Waals surface area contributed by atoms with Crippen molar-refractivity contribution in [2.75, 3.05) is 0 Å². The van der Waals surface area contributed by atoms with Crippen LogP contribution in [0.1, 0.15) is 31.4 Å². The fraction of sp³-hybridized carbons (Fsp3) is 0.538. The highest BCUT2D eigenvalue weighted by Gasteiger charge is 2.07. The van der Waals surface area contributed by atoms with Crippen molar-refractivity contribution in [2.24, 2.45) is 11.7 Å². The number of benzene rings is 1. The van der Waals surface area contributed by atoms with Crippen LogP contribution < -0.4 is 5.73 Å². The lowest BCUT2D eigenvalue weighted by atomic mass is 9.98. The predicted octanol–water partition coefficient (Wildman–Crippen LogP) is 3.56. The molecular weight excluding hydrogens is 206 g/mol. The Hall–Kier alpha value is -0.530. The first-order valence-corrected chi connectivity index (χ1v) is 5.87. The molecule has 1 atom stereocenters. The van der Waals surface area contributed by atoms with E-state index in [9.17, 15) is 0 Å². The highest BCUT2D eigenvalue weighted by atomic mass is 35.5. The molecule has 0 amide bonds. The summed E-state index contributed by atoms with van der Waals surface area (Å²) < 4.78 is 0. The molecule has 2 heteroatoms. The summed E-state index contributed by atoms with van der Waals surface area (Å²) in [5, 5.41) is 0.837. The summed E-state index contributed by atoms with van der Waals surface area (Å²) >= 11 is 6.06. The van der Waals surface area contributed by atoms with E-state index < -0.39 is 0 Å². The maximum absolute atomic E-state index is 6.06. The Morgan fingerprint density at radius 3 is 2.53 bits per heavy atom. The van der Waals surface area contributed by atoms with Crippen LogP contribution in [0.25, 0.3) is 0 Å². The molecule has 0 fully saturated rings. The van der Waals surface area contributed by atoms with Gasteiger partial charge in [-0.1, -0.05) is 37.6 Å². The molecule has 2 N–H and O–H groups in total. The second-order valence-corrected chi connectivity index (χ2v) is 5.08. The van der Waals surface area contributed by atoms with E-state index in [1.54, 1.807) is 0 Å². The largest absolute Gasteiger partial charge is 0.327 e. The van der Waals surface area contributed by atoms with Gasteiger partial charge in [0.1, 0.15) is 0 Å². The van der Waals surface area contributed by atoms with Gasteiger partial charge in [0.05, 0.1) is 0 Å². The maximum atomic E-state index is 6.06. The molecule has 84 valence electrons. The molecule has 0 saturated carbocycles. The second-order valence-electron chi connectivity index (χ2n) is 4.68. The standard InChI is InChI=1S/C13H20ClN/c1-9(2)6-12(15)7-11-5-4-10(3)13(14)8-11/h4-5,8-9,12H,6-7,15H2,1-3H3. The minimum atomic E-state index is 0.240. The van der Waals surface area contributed by atoms with Gasteiger partial charge in [-0.15, -0.1) is 0 Å². The minimum absolute atomic E-state index is 0.240. The monoisotopic (exact) mass is 225 g/mol. The van der Waals surface area contributed by atoms with Gasteiger partial charge in [-0.05, 0) is 42.9 Å². The number of hydrogen-bond donors (Lipinski definition) is 1. The van der Waals surface area contributed by atoms with Crippen molar-refractivity contribution >= 4 is 11.6 Å². The fourth-order valence-electron chi connectivity index (χ4n) is 1.75. The van der Waals surface area contributed by atoms with E-state index in [4.69, 9.17) is 17.3 Å². The number of nitrogens with two attached hydrogens (primary N) is 1. The molecule has 0 radical (unpaired) electrons. The topological polar surface area (TPSA) is 26.0 Å². The Morgan fingerprint density at radius 2 is 2.00 bits per heavy atom. The summed E-state index contributed by atoms with van der Waals surface area (Å²) in [5.74, 6) is 0.654. The quantitative estimate of drug-likeness (QED) is 0.833. The lowest BCUT2D eigenvalue weighted by molar-refractivity contribution is 0.493. The Labute approximate surface area is 97.6 Å². The van der Waals surface area contributed by atoms with Crippen LogP contribution in [0.4, 0.5) is 0 Å². The molecule has 0 heterocycles. The Bertz CT molecular complexity index is 320. The maximum Gasteiger partial charge on any atom is 0.0437 e. The molecule has 1 aromatic carbocycles. The molecule has 0 saturated heterocycles. The Balaban J connectivity index is 2.60. The summed E-state index contributed by atoms with van der Waals surface area (Å²) in [4.78, 5) is 0. The number of hydrogen-bond acceptors (Lipinski definition) is 1. The number of aryl methyl sites for hydroxylation is 1. The van der Waals surface area contributed by atoms with Gasteiger partial charge in [-0.25, -0.2) is 0 Å². The van der Waals surface area contributed by atoms with Crippen LogP contribution in [0.3, 0.4) is 0 Å². The lowest BCUT2D eigenvalue weighted by Gasteiger charge is -2.14. The van der Waals surface area contributed by atoms with E-state index in [1.165, 1.54) is 5.56 Å². The van der Waals surface area contributed by atoms with Crippen molar-refractivity contribution in [2.45, 2.75) is 39.7 Å². The fourth-order valence-corrected chi connectivity index (χ4v) is 1.96. The molecule has 1 aromatic rings. The smallest absolute Gasteiger partial charge is 0.0437 e. The van der Waals surface area contributed by atoms with E-state index in [-0.39, 0.29) is 6.04 Å².